The molecule has 0 saturated carbocycles. The molecule has 0 radical (unpaired) electrons. The Morgan fingerprint density at radius 3 is 2.77 bits per heavy atom. The van der Waals surface area contributed by atoms with Crippen molar-refractivity contribution in [2.75, 3.05) is 26.7 Å². The minimum Gasteiger partial charge on any atom is -0.337 e. The average Bonchev–Trinajstić information content (AvgIpc) is 3.00. The van der Waals surface area contributed by atoms with Crippen LogP contribution >= 0.6 is 0 Å². The van der Waals surface area contributed by atoms with Crippen LogP contribution in [0.25, 0.3) is 0 Å². The number of sulfonamides is 1. The second-order valence-electron chi connectivity index (χ2n) is 5.54. The summed E-state index contributed by atoms with van der Waals surface area (Å²) in [6.07, 6.45) is 0.913. The maximum absolute atomic E-state index is 12.7. The van der Waals surface area contributed by atoms with E-state index in [0.29, 0.717) is 12.1 Å². The molecular formula is C15H23N3O3S. The molecule has 1 aliphatic heterocycles. The van der Waals surface area contributed by atoms with Crippen LogP contribution in [0, 0.1) is 6.92 Å². The Bertz CT molecular complexity index is 652. The third kappa shape index (κ3) is 3.48. The summed E-state index contributed by atoms with van der Waals surface area (Å²) in [5, 5.41) is 3.23. The van der Waals surface area contributed by atoms with Crippen molar-refractivity contribution < 1.29 is 13.2 Å². The van der Waals surface area contributed by atoms with Gasteiger partial charge in [0.1, 0.15) is 0 Å². The highest BCUT2D eigenvalue weighted by atomic mass is 32.2. The number of aryl methyl sites for hydroxylation is 1. The summed E-state index contributed by atoms with van der Waals surface area (Å²) >= 11 is 0. The zero-order valence-corrected chi connectivity index (χ0v) is 14.0. The summed E-state index contributed by atoms with van der Waals surface area (Å²) in [6, 6.07) is 4.83. The number of nitrogens with zero attached hydrogens (tertiary/aromatic N) is 1. The first-order valence-electron chi connectivity index (χ1n) is 7.45. The Kier molecular flexibility index (Phi) is 5.20. The standard InChI is InChI=1S/C15H23N3O3S/c1-4-17-22(20,21)13-6-5-11(2)14(9-13)15(19)18(3)12-7-8-16-10-12/h5-6,9,12,16-17H,4,7-8,10H2,1-3H3. The lowest BCUT2D eigenvalue weighted by Gasteiger charge is -2.24. The Labute approximate surface area is 131 Å². The summed E-state index contributed by atoms with van der Waals surface area (Å²) in [6.45, 7) is 5.52. The maximum atomic E-state index is 12.7. The van der Waals surface area contributed by atoms with Crippen LogP contribution in [0.5, 0.6) is 0 Å². The molecule has 22 heavy (non-hydrogen) atoms. The number of carbonyl (C=O) groups is 1. The van der Waals surface area contributed by atoms with E-state index in [0.717, 1.165) is 25.1 Å². The van der Waals surface area contributed by atoms with Gasteiger partial charge >= 0.3 is 0 Å². The van der Waals surface area contributed by atoms with Crippen LogP contribution in [0.4, 0.5) is 0 Å². The SMILES string of the molecule is CCNS(=O)(=O)c1ccc(C)c(C(=O)N(C)C2CCNC2)c1. The van der Waals surface area contributed by atoms with Crippen LogP contribution in [0.3, 0.4) is 0 Å². The van der Waals surface area contributed by atoms with Crippen LogP contribution in [-0.2, 0) is 10.0 Å². The molecule has 2 rings (SSSR count). The zero-order valence-electron chi connectivity index (χ0n) is 13.2. The van der Waals surface area contributed by atoms with E-state index in [9.17, 15) is 13.2 Å². The number of rotatable bonds is 5. The first kappa shape index (κ1) is 16.9. The second-order valence-corrected chi connectivity index (χ2v) is 7.31. The highest BCUT2D eigenvalue weighted by molar-refractivity contribution is 7.89. The van der Waals surface area contributed by atoms with Crippen LogP contribution < -0.4 is 10.0 Å². The van der Waals surface area contributed by atoms with E-state index in [4.69, 9.17) is 0 Å². The molecule has 6 nitrogen and oxygen atoms in total. The quantitative estimate of drug-likeness (QED) is 0.836. The molecule has 7 heteroatoms. The first-order chi connectivity index (χ1) is 10.4. The number of carbonyl (C=O) groups excluding carboxylic acids is 1. The minimum atomic E-state index is -3.56. The van der Waals surface area contributed by atoms with E-state index in [2.05, 4.69) is 10.0 Å². The van der Waals surface area contributed by atoms with Gasteiger partial charge in [-0.15, -0.1) is 0 Å². The largest absolute Gasteiger partial charge is 0.337 e. The van der Waals surface area contributed by atoms with Crippen molar-refractivity contribution in [3.63, 3.8) is 0 Å². The Balaban J connectivity index is 2.32. The molecule has 1 unspecified atom stereocenters. The van der Waals surface area contributed by atoms with E-state index >= 15 is 0 Å². The van der Waals surface area contributed by atoms with Gasteiger partial charge in [0.2, 0.25) is 10.0 Å². The monoisotopic (exact) mass is 325 g/mol. The van der Waals surface area contributed by atoms with Gasteiger partial charge in [0.25, 0.3) is 5.91 Å². The molecule has 0 aliphatic carbocycles. The minimum absolute atomic E-state index is 0.126. The lowest BCUT2D eigenvalue weighted by atomic mass is 10.1. The van der Waals surface area contributed by atoms with Crippen molar-refractivity contribution in [1.29, 1.82) is 0 Å². The third-order valence-corrected chi connectivity index (χ3v) is 5.53. The predicted octanol–water partition coefficient (Wildman–Crippen LogP) is 0.727. The molecule has 1 aromatic carbocycles. The highest BCUT2D eigenvalue weighted by Gasteiger charge is 2.26. The average molecular weight is 325 g/mol. The molecule has 0 bridgehead atoms. The van der Waals surface area contributed by atoms with Crippen LogP contribution in [0.1, 0.15) is 29.3 Å². The van der Waals surface area contributed by atoms with E-state index in [1.807, 2.05) is 6.92 Å². The molecule has 122 valence electrons. The number of hydrogen-bond acceptors (Lipinski definition) is 4. The molecule has 1 amide bonds. The van der Waals surface area contributed by atoms with Crippen molar-refractivity contribution in [3.05, 3.63) is 29.3 Å². The topological polar surface area (TPSA) is 78.5 Å². The third-order valence-electron chi connectivity index (χ3n) is 3.99. The summed E-state index contributed by atoms with van der Waals surface area (Å²) in [7, 11) is -1.79. The van der Waals surface area contributed by atoms with E-state index in [1.165, 1.54) is 12.1 Å². The zero-order chi connectivity index (χ0) is 16.3. The second kappa shape index (κ2) is 6.76. The number of hydrogen-bond donors (Lipinski definition) is 2. The Morgan fingerprint density at radius 1 is 1.45 bits per heavy atom. The highest BCUT2D eigenvalue weighted by Crippen LogP contribution is 2.19. The molecule has 1 aromatic rings. The van der Waals surface area contributed by atoms with Crippen molar-refractivity contribution >= 4 is 15.9 Å². The molecule has 1 aliphatic rings. The fourth-order valence-corrected chi connectivity index (χ4v) is 3.66. The number of amides is 1. The van der Waals surface area contributed by atoms with E-state index in [1.54, 1.807) is 24.9 Å². The van der Waals surface area contributed by atoms with Gasteiger partial charge in [0, 0.05) is 31.7 Å². The molecule has 1 saturated heterocycles. The van der Waals surface area contributed by atoms with Crippen molar-refractivity contribution in [3.8, 4) is 0 Å². The molecule has 0 spiro atoms. The predicted molar refractivity (Wildman–Crippen MR) is 85.4 cm³/mol. The lowest BCUT2D eigenvalue weighted by Crippen LogP contribution is -2.38. The number of benzene rings is 1. The fraction of sp³-hybridized carbons (Fsp3) is 0.533. The Hall–Kier alpha value is -1.44. The summed E-state index contributed by atoms with van der Waals surface area (Å²) < 4.78 is 26.6. The van der Waals surface area contributed by atoms with Gasteiger partial charge in [0.15, 0.2) is 0 Å². The summed E-state index contributed by atoms with van der Waals surface area (Å²) in [5.41, 5.74) is 1.21. The van der Waals surface area contributed by atoms with E-state index < -0.39 is 10.0 Å². The maximum Gasteiger partial charge on any atom is 0.254 e. The Morgan fingerprint density at radius 2 is 2.18 bits per heavy atom. The smallest absolute Gasteiger partial charge is 0.254 e. The van der Waals surface area contributed by atoms with Gasteiger partial charge in [-0.3, -0.25) is 4.79 Å². The van der Waals surface area contributed by atoms with Gasteiger partial charge in [-0.2, -0.15) is 0 Å². The molecule has 1 fully saturated rings. The first-order valence-corrected chi connectivity index (χ1v) is 8.93. The molecule has 2 N–H and O–H groups in total. The number of nitrogens with one attached hydrogen (secondary N) is 2. The molecule has 0 aromatic heterocycles. The van der Waals surface area contributed by atoms with Crippen LogP contribution in [-0.4, -0.2) is 51.9 Å². The fourth-order valence-electron chi connectivity index (χ4n) is 2.60. The van der Waals surface area contributed by atoms with Crippen LogP contribution in [0.15, 0.2) is 23.1 Å². The summed E-state index contributed by atoms with van der Waals surface area (Å²) in [5.74, 6) is -0.139. The molecule has 1 atom stereocenters. The molecule has 1 heterocycles. The lowest BCUT2D eigenvalue weighted by molar-refractivity contribution is 0.0743. The van der Waals surface area contributed by atoms with E-state index in [-0.39, 0.29) is 16.8 Å². The van der Waals surface area contributed by atoms with Gasteiger partial charge in [-0.1, -0.05) is 13.0 Å². The normalized spacial score (nSPS) is 18.4. The van der Waals surface area contributed by atoms with Crippen LogP contribution in [0.2, 0.25) is 0 Å². The van der Waals surface area contributed by atoms with Crippen molar-refractivity contribution in [2.45, 2.75) is 31.2 Å². The molecular weight excluding hydrogens is 302 g/mol. The number of likely N-dealkylation sites (N-methyl/N-ethyl adjacent to an activating group) is 1. The van der Waals surface area contributed by atoms with Gasteiger partial charge < -0.3 is 10.2 Å². The van der Waals surface area contributed by atoms with Crippen molar-refractivity contribution in [1.82, 2.24) is 14.9 Å². The van der Waals surface area contributed by atoms with Gasteiger partial charge in [0.05, 0.1) is 4.90 Å². The summed E-state index contributed by atoms with van der Waals surface area (Å²) in [4.78, 5) is 14.5. The van der Waals surface area contributed by atoms with Gasteiger partial charge in [-0.05, 0) is 37.6 Å². The van der Waals surface area contributed by atoms with Gasteiger partial charge in [-0.25, -0.2) is 13.1 Å². The van der Waals surface area contributed by atoms with Crippen molar-refractivity contribution in [2.24, 2.45) is 0 Å².